The lowest BCUT2D eigenvalue weighted by Crippen LogP contribution is -2.35. The Morgan fingerprint density at radius 1 is 1.69 bits per heavy atom. The van der Waals surface area contributed by atoms with Crippen LogP contribution in [-0.4, -0.2) is 35.6 Å². The summed E-state index contributed by atoms with van der Waals surface area (Å²) in [5, 5.41) is 12.5. The molecule has 16 heavy (non-hydrogen) atoms. The molecule has 0 N–H and O–H groups in total. The standard InChI is InChI=1S/C9H14N4O2S/c1-8(4-6-10)13(3)16(14,15)9-5-7-11-12(9)2/h5,7-8H,4H2,1-3H3. The molecule has 0 aromatic carbocycles. The Bertz CT molecular complexity index is 500. The van der Waals surface area contributed by atoms with Crippen LogP contribution in [0.4, 0.5) is 0 Å². The third-order valence-corrected chi connectivity index (χ3v) is 4.47. The molecule has 1 unspecified atom stereocenters. The molecule has 0 aliphatic heterocycles. The minimum absolute atomic E-state index is 0.125. The van der Waals surface area contributed by atoms with E-state index >= 15 is 0 Å². The highest BCUT2D eigenvalue weighted by Gasteiger charge is 2.27. The zero-order valence-corrected chi connectivity index (χ0v) is 10.3. The van der Waals surface area contributed by atoms with Gasteiger partial charge in [-0.2, -0.15) is 14.7 Å². The Labute approximate surface area is 95.1 Å². The zero-order chi connectivity index (χ0) is 12.3. The van der Waals surface area contributed by atoms with Crippen LogP contribution < -0.4 is 0 Å². The van der Waals surface area contributed by atoms with E-state index in [1.165, 1.54) is 28.3 Å². The van der Waals surface area contributed by atoms with Crippen LogP contribution in [0.25, 0.3) is 0 Å². The molecule has 1 aromatic heterocycles. The molecule has 0 aliphatic carbocycles. The van der Waals surface area contributed by atoms with Crippen molar-refractivity contribution >= 4 is 10.0 Å². The van der Waals surface area contributed by atoms with Gasteiger partial charge in [0.1, 0.15) is 0 Å². The fourth-order valence-corrected chi connectivity index (χ4v) is 2.72. The van der Waals surface area contributed by atoms with Crippen LogP contribution in [0, 0.1) is 11.3 Å². The maximum atomic E-state index is 12.1. The van der Waals surface area contributed by atoms with Crippen molar-refractivity contribution in [1.82, 2.24) is 14.1 Å². The first-order chi connectivity index (χ1) is 7.41. The van der Waals surface area contributed by atoms with Crippen LogP contribution >= 0.6 is 0 Å². The average Bonchev–Trinajstić information content (AvgIpc) is 2.64. The van der Waals surface area contributed by atoms with E-state index in [4.69, 9.17) is 5.26 Å². The minimum atomic E-state index is -3.57. The molecule has 1 heterocycles. The first-order valence-corrected chi connectivity index (χ1v) is 6.18. The van der Waals surface area contributed by atoms with Gasteiger partial charge in [0.25, 0.3) is 10.0 Å². The lowest BCUT2D eigenvalue weighted by Gasteiger charge is -2.21. The molecule has 6 nitrogen and oxygen atoms in total. The smallest absolute Gasteiger partial charge is 0.256 e. The van der Waals surface area contributed by atoms with Gasteiger partial charge in [0.05, 0.1) is 18.7 Å². The van der Waals surface area contributed by atoms with E-state index in [1.807, 2.05) is 6.07 Å². The van der Waals surface area contributed by atoms with E-state index in [9.17, 15) is 8.42 Å². The second kappa shape index (κ2) is 4.63. The molecule has 1 atom stereocenters. The quantitative estimate of drug-likeness (QED) is 0.762. The summed E-state index contributed by atoms with van der Waals surface area (Å²) in [6.45, 7) is 1.69. The molecule has 0 fully saturated rings. The lowest BCUT2D eigenvalue weighted by molar-refractivity contribution is 0.388. The van der Waals surface area contributed by atoms with Crippen molar-refractivity contribution in [1.29, 1.82) is 5.26 Å². The highest BCUT2D eigenvalue weighted by molar-refractivity contribution is 7.89. The number of nitrogens with zero attached hydrogens (tertiary/aromatic N) is 4. The largest absolute Gasteiger partial charge is 0.260 e. The number of aromatic nitrogens is 2. The van der Waals surface area contributed by atoms with E-state index in [1.54, 1.807) is 14.0 Å². The van der Waals surface area contributed by atoms with E-state index in [2.05, 4.69) is 5.10 Å². The normalized spacial score (nSPS) is 13.7. The van der Waals surface area contributed by atoms with Crippen molar-refractivity contribution in [3.63, 3.8) is 0 Å². The van der Waals surface area contributed by atoms with Gasteiger partial charge in [0.15, 0.2) is 5.03 Å². The van der Waals surface area contributed by atoms with Crippen molar-refractivity contribution in [2.75, 3.05) is 7.05 Å². The van der Waals surface area contributed by atoms with Crippen LogP contribution in [-0.2, 0) is 17.1 Å². The summed E-state index contributed by atoms with van der Waals surface area (Å²) in [4.78, 5) is 0. The lowest BCUT2D eigenvalue weighted by atomic mass is 10.3. The molecule has 0 spiro atoms. The molecule has 0 aliphatic rings. The minimum Gasteiger partial charge on any atom is -0.256 e. The summed E-state index contributed by atoms with van der Waals surface area (Å²) in [6, 6.07) is 3.03. The number of nitriles is 1. The van der Waals surface area contributed by atoms with Crippen molar-refractivity contribution in [2.45, 2.75) is 24.4 Å². The number of aryl methyl sites for hydroxylation is 1. The first kappa shape index (κ1) is 12.7. The highest BCUT2D eigenvalue weighted by Crippen LogP contribution is 2.16. The van der Waals surface area contributed by atoms with Crippen LogP contribution in [0.15, 0.2) is 17.3 Å². The van der Waals surface area contributed by atoms with E-state index in [0.717, 1.165) is 0 Å². The third-order valence-electron chi connectivity index (χ3n) is 2.43. The maximum Gasteiger partial charge on any atom is 0.260 e. The zero-order valence-electron chi connectivity index (χ0n) is 9.45. The maximum absolute atomic E-state index is 12.1. The van der Waals surface area contributed by atoms with Gasteiger partial charge < -0.3 is 0 Å². The van der Waals surface area contributed by atoms with Gasteiger partial charge in [-0.15, -0.1) is 0 Å². The topological polar surface area (TPSA) is 79.0 Å². The van der Waals surface area contributed by atoms with Crippen molar-refractivity contribution in [3.8, 4) is 6.07 Å². The second-order valence-corrected chi connectivity index (χ2v) is 5.47. The molecule has 0 amide bonds. The molecule has 88 valence electrons. The van der Waals surface area contributed by atoms with Crippen molar-refractivity contribution < 1.29 is 8.42 Å². The van der Waals surface area contributed by atoms with Gasteiger partial charge in [0.2, 0.25) is 0 Å². The van der Waals surface area contributed by atoms with Crippen LogP contribution in [0.1, 0.15) is 13.3 Å². The monoisotopic (exact) mass is 242 g/mol. The Hall–Kier alpha value is -1.39. The number of sulfonamides is 1. The van der Waals surface area contributed by atoms with Gasteiger partial charge in [-0.25, -0.2) is 8.42 Å². The molecular weight excluding hydrogens is 228 g/mol. The van der Waals surface area contributed by atoms with Gasteiger partial charge >= 0.3 is 0 Å². The SMILES string of the molecule is CC(CC#N)N(C)S(=O)(=O)c1ccnn1C. The predicted molar refractivity (Wildman–Crippen MR) is 57.8 cm³/mol. The summed E-state index contributed by atoms with van der Waals surface area (Å²) >= 11 is 0. The molecular formula is C9H14N4O2S. The summed E-state index contributed by atoms with van der Waals surface area (Å²) in [5.41, 5.74) is 0. The van der Waals surface area contributed by atoms with Crippen LogP contribution in [0.2, 0.25) is 0 Å². The fourth-order valence-electron chi connectivity index (χ4n) is 1.26. The van der Waals surface area contributed by atoms with Gasteiger partial charge in [0, 0.05) is 20.1 Å². The highest BCUT2D eigenvalue weighted by atomic mass is 32.2. The number of hydrogen-bond donors (Lipinski definition) is 0. The van der Waals surface area contributed by atoms with Gasteiger partial charge in [-0.05, 0) is 13.0 Å². The second-order valence-electron chi connectivity index (χ2n) is 3.53. The molecule has 1 aromatic rings. The molecule has 7 heteroatoms. The Morgan fingerprint density at radius 3 is 2.75 bits per heavy atom. The first-order valence-electron chi connectivity index (χ1n) is 4.74. The average molecular weight is 242 g/mol. The van der Waals surface area contributed by atoms with Crippen molar-refractivity contribution in [2.24, 2.45) is 7.05 Å². The molecule has 0 bridgehead atoms. The molecule has 0 saturated heterocycles. The summed E-state index contributed by atoms with van der Waals surface area (Å²) in [6.07, 6.45) is 1.59. The fraction of sp³-hybridized carbons (Fsp3) is 0.556. The third kappa shape index (κ3) is 2.23. The van der Waals surface area contributed by atoms with E-state index in [0.29, 0.717) is 0 Å². The van der Waals surface area contributed by atoms with E-state index in [-0.39, 0.29) is 17.5 Å². The Balaban J connectivity index is 3.05. The van der Waals surface area contributed by atoms with Gasteiger partial charge in [-0.1, -0.05) is 0 Å². The van der Waals surface area contributed by atoms with E-state index < -0.39 is 10.0 Å². The van der Waals surface area contributed by atoms with Crippen LogP contribution in [0.3, 0.4) is 0 Å². The summed E-state index contributed by atoms with van der Waals surface area (Å²) in [7, 11) is -0.537. The molecule has 0 radical (unpaired) electrons. The summed E-state index contributed by atoms with van der Waals surface area (Å²) < 4.78 is 26.7. The molecule has 1 rings (SSSR count). The number of hydrogen-bond acceptors (Lipinski definition) is 4. The van der Waals surface area contributed by atoms with Crippen molar-refractivity contribution in [3.05, 3.63) is 12.3 Å². The predicted octanol–water partition coefficient (Wildman–Crippen LogP) is 0.343. The number of rotatable bonds is 4. The van der Waals surface area contributed by atoms with Crippen LogP contribution in [0.5, 0.6) is 0 Å². The van der Waals surface area contributed by atoms with Gasteiger partial charge in [-0.3, -0.25) is 4.68 Å². The Kier molecular flexibility index (Phi) is 3.67. The molecule has 0 saturated carbocycles. The Morgan fingerprint density at radius 2 is 2.31 bits per heavy atom. The summed E-state index contributed by atoms with van der Waals surface area (Å²) in [5.74, 6) is 0.